The van der Waals surface area contributed by atoms with Gasteiger partial charge in [0.15, 0.2) is 0 Å². The van der Waals surface area contributed by atoms with Crippen LogP contribution in [0.1, 0.15) is 5.69 Å². The van der Waals surface area contributed by atoms with Crippen LogP contribution in [0.2, 0.25) is 5.02 Å². The Kier molecular flexibility index (Phi) is 2.93. The number of rotatable bonds is 2. The van der Waals surface area contributed by atoms with Crippen molar-refractivity contribution in [3.05, 3.63) is 35.0 Å². The van der Waals surface area contributed by atoms with E-state index in [-0.39, 0.29) is 0 Å². The standard InChI is InChI=1S/C12H10ClN3/c1-3-8-16-9(2)12(14-15-16)10-4-6-11(13)7-5-10/h1,4-7H,8H2,2H3. The Bertz CT molecular complexity index is 534. The van der Waals surface area contributed by atoms with Crippen LogP contribution < -0.4 is 0 Å². The maximum Gasteiger partial charge on any atom is 0.115 e. The molecule has 16 heavy (non-hydrogen) atoms. The van der Waals surface area contributed by atoms with Crippen molar-refractivity contribution < 1.29 is 0 Å². The minimum Gasteiger partial charge on any atom is -0.237 e. The van der Waals surface area contributed by atoms with E-state index in [1.807, 2.05) is 31.2 Å². The first-order valence-corrected chi connectivity index (χ1v) is 5.19. The van der Waals surface area contributed by atoms with Crippen molar-refractivity contribution in [3.63, 3.8) is 0 Å². The van der Waals surface area contributed by atoms with Crippen molar-refractivity contribution >= 4 is 11.6 Å². The Morgan fingerprint density at radius 3 is 2.69 bits per heavy atom. The van der Waals surface area contributed by atoms with Gasteiger partial charge in [0.25, 0.3) is 0 Å². The Morgan fingerprint density at radius 2 is 2.06 bits per heavy atom. The van der Waals surface area contributed by atoms with Gasteiger partial charge in [0.2, 0.25) is 0 Å². The van der Waals surface area contributed by atoms with E-state index in [9.17, 15) is 0 Å². The van der Waals surface area contributed by atoms with E-state index in [4.69, 9.17) is 18.0 Å². The molecule has 0 saturated heterocycles. The maximum absolute atomic E-state index is 5.83. The second-order valence-electron chi connectivity index (χ2n) is 3.39. The maximum atomic E-state index is 5.83. The molecular weight excluding hydrogens is 222 g/mol. The summed E-state index contributed by atoms with van der Waals surface area (Å²) in [5.74, 6) is 2.54. The van der Waals surface area contributed by atoms with Gasteiger partial charge >= 0.3 is 0 Å². The third kappa shape index (κ3) is 1.93. The number of hydrogen-bond donors (Lipinski definition) is 0. The summed E-state index contributed by atoms with van der Waals surface area (Å²) in [6.45, 7) is 2.38. The van der Waals surface area contributed by atoms with Gasteiger partial charge in [-0.15, -0.1) is 11.5 Å². The first-order valence-electron chi connectivity index (χ1n) is 4.82. The number of nitrogens with zero attached hydrogens (tertiary/aromatic N) is 3. The molecular formula is C12H10ClN3. The van der Waals surface area contributed by atoms with Crippen LogP contribution in [-0.2, 0) is 6.54 Å². The predicted octanol–water partition coefficient (Wildman–Crippen LogP) is 2.54. The Hall–Kier alpha value is -1.79. The number of terminal acetylenes is 1. The van der Waals surface area contributed by atoms with Crippen molar-refractivity contribution in [1.29, 1.82) is 0 Å². The summed E-state index contributed by atoms with van der Waals surface area (Å²) in [7, 11) is 0. The highest BCUT2D eigenvalue weighted by Gasteiger charge is 2.09. The van der Waals surface area contributed by atoms with Gasteiger partial charge in [-0.3, -0.25) is 0 Å². The van der Waals surface area contributed by atoms with Crippen LogP contribution in [0.25, 0.3) is 11.3 Å². The minimum absolute atomic E-state index is 0.437. The van der Waals surface area contributed by atoms with Gasteiger partial charge in [0.1, 0.15) is 12.2 Å². The highest BCUT2D eigenvalue weighted by molar-refractivity contribution is 6.30. The molecule has 1 heterocycles. The van der Waals surface area contributed by atoms with Crippen molar-refractivity contribution in [3.8, 4) is 23.6 Å². The summed E-state index contributed by atoms with van der Waals surface area (Å²) in [6, 6.07) is 7.49. The van der Waals surface area contributed by atoms with Crippen molar-refractivity contribution in [2.24, 2.45) is 0 Å². The largest absolute Gasteiger partial charge is 0.237 e. The van der Waals surface area contributed by atoms with Crippen LogP contribution in [0.4, 0.5) is 0 Å². The van der Waals surface area contributed by atoms with E-state index in [1.54, 1.807) is 4.68 Å². The van der Waals surface area contributed by atoms with Crippen LogP contribution in [-0.4, -0.2) is 15.0 Å². The zero-order chi connectivity index (χ0) is 11.5. The molecule has 2 aromatic rings. The highest BCUT2D eigenvalue weighted by atomic mass is 35.5. The van der Waals surface area contributed by atoms with Crippen LogP contribution in [0, 0.1) is 19.3 Å². The third-order valence-electron chi connectivity index (χ3n) is 2.34. The van der Waals surface area contributed by atoms with Gasteiger partial charge in [-0.05, 0) is 19.1 Å². The number of aromatic nitrogens is 3. The van der Waals surface area contributed by atoms with E-state index in [0.717, 1.165) is 17.0 Å². The summed E-state index contributed by atoms with van der Waals surface area (Å²) >= 11 is 5.83. The molecule has 0 amide bonds. The summed E-state index contributed by atoms with van der Waals surface area (Å²) in [5, 5.41) is 8.81. The molecule has 80 valence electrons. The fourth-order valence-electron chi connectivity index (χ4n) is 1.47. The lowest BCUT2D eigenvalue weighted by atomic mass is 10.1. The Morgan fingerprint density at radius 1 is 1.38 bits per heavy atom. The van der Waals surface area contributed by atoms with Crippen LogP contribution in [0.15, 0.2) is 24.3 Å². The van der Waals surface area contributed by atoms with E-state index in [0.29, 0.717) is 11.6 Å². The summed E-state index contributed by atoms with van der Waals surface area (Å²) in [6.07, 6.45) is 5.24. The van der Waals surface area contributed by atoms with E-state index < -0.39 is 0 Å². The van der Waals surface area contributed by atoms with Gasteiger partial charge < -0.3 is 0 Å². The van der Waals surface area contributed by atoms with Gasteiger partial charge in [-0.25, -0.2) is 4.68 Å². The Labute approximate surface area is 99.0 Å². The lowest BCUT2D eigenvalue weighted by Crippen LogP contribution is -2.00. The smallest absolute Gasteiger partial charge is 0.115 e. The molecule has 1 aromatic heterocycles. The van der Waals surface area contributed by atoms with Crippen LogP contribution >= 0.6 is 11.6 Å². The SMILES string of the molecule is C#CCn1nnc(-c2ccc(Cl)cc2)c1C. The molecule has 0 N–H and O–H groups in total. The average molecular weight is 232 g/mol. The fourth-order valence-corrected chi connectivity index (χ4v) is 1.60. The van der Waals surface area contributed by atoms with Crippen LogP contribution in [0.5, 0.6) is 0 Å². The molecule has 0 atom stereocenters. The molecule has 0 saturated carbocycles. The van der Waals surface area contributed by atoms with Gasteiger partial charge in [0, 0.05) is 10.6 Å². The Balaban J connectivity index is 2.42. The zero-order valence-electron chi connectivity index (χ0n) is 8.81. The predicted molar refractivity (Wildman–Crippen MR) is 64.0 cm³/mol. The minimum atomic E-state index is 0.437. The lowest BCUT2D eigenvalue weighted by molar-refractivity contribution is 0.655. The molecule has 0 spiro atoms. The topological polar surface area (TPSA) is 30.7 Å². The number of benzene rings is 1. The van der Waals surface area contributed by atoms with E-state index in [1.165, 1.54) is 0 Å². The molecule has 0 radical (unpaired) electrons. The van der Waals surface area contributed by atoms with Crippen LogP contribution in [0.3, 0.4) is 0 Å². The molecule has 0 aliphatic rings. The van der Waals surface area contributed by atoms with Gasteiger partial charge in [-0.1, -0.05) is 34.9 Å². The molecule has 1 aromatic carbocycles. The van der Waals surface area contributed by atoms with Crippen molar-refractivity contribution in [2.45, 2.75) is 13.5 Å². The summed E-state index contributed by atoms with van der Waals surface area (Å²) < 4.78 is 1.70. The third-order valence-corrected chi connectivity index (χ3v) is 2.59. The first-order chi connectivity index (χ1) is 7.72. The van der Waals surface area contributed by atoms with Gasteiger partial charge in [0.05, 0.1) is 5.69 Å². The molecule has 0 fully saturated rings. The van der Waals surface area contributed by atoms with E-state index >= 15 is 0 Å². The molecule has 0 unspecified atom stereocenters. The van der Waals surface area contributed by atoms with Gasteiger partial charge in [-0.2, -0.15) is 0 Å². The van der Waals surface area contributed by atoms with E-state index in [2.05, 4.69) is 16.2 Å². The summed E-state index contributed by atoms with van der Waals surface area (Å²) in [5.41, 5.74) is 2.79. The monoisotopic (exact) mass is 231 g/mol. The molecule has 4 heteroatoms. The molecule has 0 bridgehead atoms. The van der Waals surface area contributed by atoms with Crippen molar-refractivity contribution in [2.75, 3.05) is 0 Å². The first kappa shape index (κ1) is 10.7. The molecule has 0 aliphatic heterocycles. The zero-order valence-corrected chi connectivity index (χ0v) is 9.57. The normalized spacial score (nSPS) is 10.1. The molecule has 2 rings (SSSR count). The summed E-state index contributed by atoms with van der Waals surface area (Å²) in [4.78, 5) is 0. The quantitative estimate of drug-likeness (QED) is 0.744. The second kappa shape index (κ2) is 4.38. The second-order valence-corrected chi connectivity index (χ2v) is 3.83. The lowest BCUT2D eigenvalue weighted by Gasteiger charge is -1.99. The molecule has 3 nitrogen and oxygen atoms in total. The number of halogens is 1. The fraction of sp³-hybridized carbons (Fsp3) is 0.167. The average Bonchev–Trinajstić information content (AvgIpc) is 2.63. The van der Waals surface area contributed by atoms with Crippen molar-refractivity contribution in [1.82, 2.24) is 15.0 Å². The number of hydrogen-bond acceptors (Lipinski definition) is 2. The highest BCUT2D eigenvalue weighted by Crippen LogP contribution is 2.22. The molecule has 0 aliphatic carbocycles.